The number of hydrogen-bond acceptors (Lipinski definition) is 4. The maximum absolute atomic E-state index is 10.4. The number of unbranched alkanes of at least 4 members (excludes halogenated alkanes) is 4. The van der Waals surface area contributed by atoms with Gasteiger partial charge in [0.25, 0.3) is 0 Å². The zero-order valence-electron chi connectivity index (χ0n) is 20.3. The molecular formula is C25H47N2O4+. The fourth-order valence-corrected chi connectivity index (χ4v) is 3.68. The molecule has 1 unspecified atom stereocenters. The van der Waals surface area contributed by atoms with Crippen molar-refractivity contribution in [1.82, 2.24) is 0 Å². The van der Waals surface area contributed by atoms with Crippen molar-refractivity contribution < 1.29 is 24.6 Å². The smallest absolute Gasteiger partial charge is 0.320 e. The van der Waals surface area contributed by atoms with E-state index in [2.05, 4.69) is 27.7 Å². The third kappa shape index (κ3) is 12.6. The van der Waals surface area contributed by atoms with Crippen molar-refractivity contribution in [3.8, 4) is 11.5 Å². The number of hydrogen-bond donors (Lipinski definition) is 4. The molecule has 1 aromatic carbocycles. The number of aromatic hydroxyl groups is 2. The highest BCUT2D eigenvalue weighted by atomic mass is 16.4. The highest BCUT2D eigenvalue weighted by Crippen LogP contribution is 2.25. The molecule has 180 valence electrons. The van der Waals surface area contributed by atoms with Gasteiger partial charge in [-0.15, -0.1) is 0 Å². The number of nitrogens with zero attached hydrogens (tertiary/aromatic N) is 1. The van der Waals surface area contributed by atoms with Gasteiger partial charge in [-0.25, -0.2) is 0 Å². The number of benzene rings is 1. The van der Waals surface area contributed by atoms with E-state index >= 15 is 0 Å². The normalized spacial score (nSPS) is 12.2. The number of carboxylic acids is 1. The Balaban J connectivity index is 0.000000590. The lowest BCUT2D eigenvalue weighted by Gasteiger charge is -2.39. The van der Waals surface area contributed by atoms with Crippen molar-refractivity contribution >= 4 is 5.97 Å². The number of phenolic OH excluding ortho intramolecular Hbond substituents is 2. The first-order valence-electron chi connectivity index (χ1n) is 12.1. The lowest BCUT2D eigenvalue weighted by Crippen LogP contribution is -2.50. The second-order valence-electron chi connectivity index (χ2n) is 8.62. The van der Waals surface area contributed by atoms with Crippen LogP contribution in [0.1, 0.15) is 84.6 Å². The Morgan fingerprint density at radius 2 is 1.26 bits per heavy atom. The van der Waals surface area contributed by atoms with Gasteiger partial charge in [0, 0.05) is 0 Å². The van der Waals surface area contributed by atoms with Crippen LogP contribution in [0.15, 0.2) is 18.2 Å². The molecule has 0 amide bonds. The Hall–Kier alpha value is -1.79. The van der Waals surface area contributed by atoms with Crippen molar-refractivity contribution in [2.75, 3.05) is 26.2 Å². The number of nitrogens with two attached hydrogens (primary N) is 1. The first-order valence-corrected chi connectivity index (χ1v) is 12.1. The molecule has 0 aliphatic carbocycles. The number of rotatable bonds is 15. The summed E-state index contributed by atoms with van der Waals surface area (Å²) in [6.07, 6.45) is 11.2. The summed E-state index contributed by atoms with van der Waals surface area (Å²) >= 11 is 0. The van der Waals surface area contributed by atoms with Crippen LogP contribution in [0, 0.1) is 0 Å². The van der Waals surface area contributed by atoms with Gasteiger partial charge in [-0.2, -0.15) is 0 Å². The largest absolute Gasteiger partial charge is 0.504 e. The van der Waals surface area contributed by atoms with Crippen molar-refractivity contribution in [2.45, 2.75) is 91.5 Å². The average molecular weight is 440 g/mol. The summed E-state index contributed by atoms with van der Waals surface area (Å²) in [5.74, 6) is -1.62. The molecule has 0 bridgehead atoms. The first kappa shape index (κ1) is 29.2. The second-order valence-corrected chi connectivity index (χ2v) is 8.62. The second kappa shape index (κ2) is 16.8. The number of quaternary nitrogens is 1. The monoisotopic (exact) mass is 439 g/mol. The molecule has 1 aromatic rings. The van der Waals surface area contributed by atoms with Crippen LogP contribution in [0.25, 0.3) is 0 Å². The molecule has 0 heterocycles. The third-order valence-electron chi connectivity index (χ3n) is 5.76. The van der Waals surface area contributed by atoms with Gasteiger partial charge in [-0.05, 0) is 49.8 Å². The summed E-state index contributed by atoms with van der Waals surface area (Å²) < 4.78 is 1.42. The molecule has 0 radical (unpaired) electrons. The van der Waals surface area contributed by atoms with E-state index in [4.69, 9.17) is 21.1 Å². The third-order valence-corrected chi connectivity index (χ3v) is 5.76. The lowest BCUT2D eigenvalue weighted by atomic mass is 10.1. The van der Waals surface area contributed by atoms with Crippen LogP contribution in [-0.4, -0.2) is 58.0 Å². The van der Waals surface area contributed by atoms with E-state index in [1.54, 1.807) is 0 Å². The number of carbonyl (C=O) groups is 1. The Labute approximate surface area is 189 Å². The molecule has 31 heavy (non-hydrogen) atoms. The van der Waals surface area contributed by atoms with E-state index in [1.807, 2.05) is 0 Å². The fraction of sp³-hybridized carbons (Fsp3) is 0.720. The predicted octanol–water partition coefficient (Wildman–Crippen LogP) is 5.06. The molecule has 0 fully saturated rings. The molecule has 6 heteroatoms. The standard InChI is InChI=1S/C16H36N.C9H11NO4/c1-5-9-13-17(14-10-6-2,15-11-7-3)16-12-8-4;10-6(9(13)14)3-5-1-2-7(11)8(12)4-5/h5-16H2,1-4H3;1-2,4,6,11-12H,3,10H2,(H,13,14)/q+1;. The van der Waals surface area contributed by atoms with E-state index in [0.29, 0.717) is 5.56 Å². The van der Waals surface area contributed by atoms with Gasteiger partial charge < -0.3 is 25.5 Å². The van der Waals surface area contributed by atoms with E-state index in [0.717, 1.165) is 0 Å². The minimum Gasteiger partial charge on any atom is -0.504 e. The minimum atomic E-state index is -1.10. The molecule has 0 saturated heterocycles. The van der Waals surface area contributed by atoms with Crippen molar-refractivity contribution in [2.24, 2.45) is 5.73 Å². The Kier molecular flexibility index (Phi) is 15.9. The summed E-state index contributed by atoms with van der Waals surface area (Å²) in [6.45, 7) is 15.0. The van der Waals surface area contributed by atoms with Crippen LogP contribution in [0.2, 0.25) is 0 Å². The van der Waals surface area contributed by atoms with Gasteiger partial charge in [0.05, 0.1) is 26.2 Å². The SMILES string of the molecule is CCCC[N+](CCCC)(CCCC)CCCC.NC(Cc1ccc(O)c(O)c1)C(=O)O. The van der Waals surface area contributed by atoms with Gasteiger partial charge in [-0.3, -0.25) is 4.79 Å². The van der Waals surface area contributed by atoms with Crippen molar-refractivity contribution in [3.05, 3.63) is 23.8 Å². The summed E-state index contributed by atoms with van der Waals surface area (Å²) in [5.41, 5.74) is 5.86. The fourth-order valence-electron chi connectivity index (χ4n) is 3.68. The molecule has 1 rings (SSSR count). The maximum atomic E-state index is 10.4. The zero-order valence-corrected chi connectivity index (χ0v) is 20.3. The van der Waals surface area contributed by atoms with E-state index < -0.39 is 12.0 Å². The van der Waals surface area contributed by atoms with Crippen LogP contribution in [-0.2, 0) is 11.2 Å². The molecule has 0 aliphatic heterocycles. The van der Waals surface area contributed by atoms with Crippen LogP contribution in [0.3, 0.4) is 0 Å². The molecular weight excluding hydrogens is 392 g/mol. The van der Waals surface area contributed by atoms with Gasteiger partial charge >= 0.3 is 5.97 Å². The maximum Gasteiger partial charge on any atom is 0.320 e. The highest BCUT2D eigenvalue weighted by molar-refractivity contribution is 5.73. The quantitative estimate of drug-likeness (QED) is 0.226. The summed E-state index contributed by atoms with van der Waals surface area (Å²) in [5, 5.41) is 26.6. The van der Waals surface area contributed by atoms with Gasteiger partial charge in [0.15, 0.2) is 11.5 Å². The lowest BCUT2D eigenvalue weighted by molar-refractivity contribution is -0.929. The first-order chi connectivity index (χ1) is 14.7. The van der Waals surface area contributed by atoms with E-state index in [-0.39, 0.29) is 17.9 Å². The van der Waals surface area contributed by atoms with Gasteiger partial charge in [0.1, 0.15) is 6.04 Å². The zero-order chi connectivity index (χ0) is 23.7. The van der Waals surface area contributed by atoms with Crippen LogP contribution in [0.5, 0.6) is 11.5 Å². The summed E-state index contributed by atoms with van der Waals surface area (Å²) in [6, 6.07) is 3.09. The number of aliphatic carboxylic acids is 1. The minimum absolute atomic E-state index is 0.114. The molecule has 0 aromatic heterocycles. The van der Waals surface area contributed by atoms with E-state index in [1.165, 1.54) is 100 Å². The van der Waals surface area contributed by atoms with Crippen LogP contribution in [0.4, 0.5) is 0 Å². The van der Waals surface area contributed by atoms with E-state index in [9.17, 15) is 4.79 Å². The average Bonchev–Trinajstić information content (AvgIpc) is 2.75. The molecule has 0 saturated carbocycles. The highest BCUT2D eigenvalue weighted by Gasteiger charge is 2.24. The number of carboxylic acid groups (broad SMARTS) is 1. The molecule has 1 atom stereocenters. The molecule has 0 aliphatic rings. The number of phenols is 2. The molecule has 0 spiro atoms. The summed E-state index contributed by atoms with van der Waals surface area (Å²) in [7, 11) is 0. The predicted molar refractivity (Wildman–Crippen MR) is 128 cm³/mol. The van der Waals surface area contributed by atoms with Gasteiger partial charge in [-0.1, -0.05) is 59.4 Å². The topological polar surface area (TPSA) is 104 Å². The Morgan fingerprint density at radius 3 is 1.58 bits per heavy atom. The van der Waals surface area contributed by atoms with Gasteiger partial charge in [0.2, 0.25) is 0 Å². The Bertz CT molecular complexity index is 570. The summed E-state index contributed by atoms with van der Waals surface area (Å²) in [4.78, 5) is 10.4. The van der Waals surface area contributed by atoms with Crippen molar-refractivity contribution in [1.29, 1.82) is 0 Å². The van der Waals surface area contributed by atoms with Crippen molar-refractivity contribution in [3.63, 3.8) is 0 Å². The van der Waals surface area contributed by atoms with Crippen LogP contribution < -0.4 is 5.73 Å². The Morgan fingerprint density at radius 1 is 0.839 bits per heavy atom. The molecule has 5 N–H and O–H groups in total. The van der Waals surface area contributed by atoms with Crippen LogP contribution >= 0.6 is 0 Å². The molecule has 6 nitrogen and oxygen atoms in total.